The lowest BCUT2D eigenvalue weighted by Crippen LogP contribution is -2.21. The number of aromatic nitrogens is 2. The third kappa shape index (κ3) is 3.10. The summed E-state index contributed by atoms with van der Waals surface area (Å²) in [5.74, 6) is 1.08. The van der Waals surface area contributed by atoms with Gasteiger partial charge in [0, 0.05) is 22.5 Å². The first-order valence-corrected chi connectivity index (χ1v) is 6.80. The number of hydrogen-bond acceptors (Lipinski definition) is 4. The average Bonchev–Trinajstić information content (AvgIpc) is 2.81. The van der Waals surface area contributed by atoms with Gasteiger partial charge in [0.1, 0.15) is 0 Å². The minimum atomic E-state index is 0.0592. The highest BCUT2D eigenvalue weighted by Gasteiger charge is 2.12. The second-order valence-electron chi connectivity index (χ2n) is 4.02. The van der Waals surface area contributed by atoms with Crippen LogP contribution in [0.2, 0.25) is 5.02 Å². The molecule has 0 saturated heterocycles. The molecule has 4 nitrogen and oxygen atoms in total. The van der Waals surface area contributed by atoms with E-state index in [2.05, 4.69) is 26.1 Å². The minimum Gasteiger partial charge on any atom is -0.334 e. The van der Waals surface area contributed by atoms with Crippen LogP contribution in [0.4, 0.5) is 0 Å². The molecule has 0 saturated carbocycles. The van der Waals surface area contributed by atoms with E-state index in [0.29, 0.717) is 23.2 Å². The van der Waals surface area contributed by atoms with E-state index >= 15 is 0 Å². The first-order valence-electron chi connectivity index (χ1n) is 5.63. The second kappa shape index (κ2) is 5.82. The van der Waals surface area contributed by atoms with E-state index in [-0.39, 0.29) is 6.04 Å². The van der Waals surface area contributed by atoms with Gasteiger partial charge in [0.25, 0.3) is 5.89 Å². The summed E-state index contributed by atoms with van der Waals surface area (Å²) < 4.78 is 6.03. The summed E-state index contributed by atoms with van der Waals surface area (Å²) in [6.07, 6.45) is 1.50. The molecule has 6 heteroatoms. The number of nitrogens with zero attached hydrogens (tertiary/aromatic N) is 2. The molecule has 1 aromatic heterocycles. The zero-order valence-corrected chi connectivity index (χ0v) is 12.2. The molecule has 18 heavy (non-hydrogen) atoms. The fourth-order valence-electron chi connectivity index (χ4n) is 1.46. The van der Waals surface area contributed by atoms with Gasteiger partial charge in [0.05, 0.1) is 5.02 Å². The van der Waals surface area contributed by atoms with Crippen molar-refractivity contribution in [2.24, 2.45) is 5.73 Å². The van der Waals surface area contributed by atoms with Gasteiger partial charge in [-0.05, 0) is 40.5 Å². The Kier molecular flexibility index (Phi) is 4.37. The molecule has 2 rings (SSSR count). The quantitative estimate of drug-likeness (QED) is 0.932. The van der Waals surface area contributed by atoms with Gasteiger partial charge in [0.2, 0.25) is 0 Å². The van der Waals surface area contributed by atoms with Crippen molar-refractivity contribution in [2.75, 3.05) is 0 Å². The van der Waals surface area contributed by atoms with Crippen molar-refractivity contribution in [3.8, 4) is 11.5 Å². The monoisotopic (exact) mass is 329 g/mol. The molecule has 0 aliphatic rings. The maximum atomic E-state index is 6.02. The Morgan fingerprint density at radius 1 is 1.50 bits per heavy atom. The largest absolute Gasteiger partial charge is 0.334 e. The number of benzene rings is 1. The fourth-order valence-corrected chi connectivity index (χ4v) is 1.89. The molecule has 1 heterocycles. The molecule has 0 aliphatic heterocycles. The molecule has 0 bridgehead atoms. The Hall–Kier alpha value is -0.910. The molecule has 1 atom stereocenters. The molecule has 0 amide bonds. The molecular formula is C12H13BrClN3O. The van der Waals surface area contributed by atoms with Gasteiger partial charge >= 0.3 is 0 Å². The van der Waals surface area contributed by atoms with Crippen LogP contribution in [-0.2, 0) is 6.42 Å². The summed E-state index contributed by atoms with van der Waals surface area (Å²) in [7, 11) is 0. The van der Waals surface area contributed by atoms with Crippen LogP contribution >= 0.6 is 27.5 Å². The normalized spacial score (nSPS) is 12.7. The van der Waals surface area contributed by atoms with E-state index in [1.54, 1.807) is 6.07 Å². The maximum absolute atomic E-state index is 6.02. The Morgan fingerprint density at radius 2 is 2.28 bits per heavy atom. The van der Waals surface area contributed by atoms with Crippen molar-refractivity contribution < 1.29 is 4.52 Å². The number of halogens is 2. The van der Waals surface area contributed by atoms with Gasteiger partial charge in [0.15, 0.2) is 5.82 Å². The first-order chi connectivity index (χ1) is 8.60. The number of rotatable bonds is 4. The van der Waals surface area contributed by atoms with E-state index in [4.69, 9.17) is 21.9 Å². The summed E-state index contributed by atoms with van der Waals surface area (Å²) >= 11 is 9.35. The molecule has 1 unspecified atom stereocenters. The van der Waals surface area contributed by atoms with Gasteiger partial charge in [-0.25, -0.2) is 0 Å². The van der Waals surface area contributed by atoms with Crippen LogP contribution in [0.15, 0.2) is 27.2 Å². The highest BCUT2D eigenvalue weighted by Crippen LogP contribution is 2.27. The predicted molar refractivity (Wildman–Crippen MR) is 74.4 cm³/mol. The highest BCUT2D eigenvalue weighted by molar-refractivity contribution is 9.10. The molecule has 0 radical (unpaired) electrons. The second-order valence-corrected chi connectivity index (χ2v) is 5.28. The molecular weight excluding hydrogens is 318 g/mol. The van der Waals surface area contributed by atoms with Crippen LogP contribution in [0.5, 0.6) is 0 Å². The molecule has 1 aromatic carbocycles. The third-order valence-electron chi connectivity index (χ3n) is 2.60. The van der Waals surface area contributed by atoms with Crippen molar-refractivity contribution in [3.05, 3.63) is 33.5 Å². The Balaban J connectivity index is 2.21. The van der Waals surface area contributed by atoms with Crippen molar-refractivity contribution in [1.82, 2.24) is 10.1 Å². The van der Waals surface area contributed by atoms with E-state index < -0.39 is 0 Å². The van der Waals surface area contributed by atoms with Crippen LogP contribution in [-0.4, -0.2) is 16.2 Å². The van der Waals surface area contributed by atoms with E-state index in [1.807, 2.05) is 19.1 Å². The zero-order chi connectivity index (χ0) is 13.1. The highest BCUT2D eigenvalue weighted by atomic mass is 79.9. The van der Waals surface area contributed by atoms with Gasteiger partial charge in [-0.15, -0.1) is 0 Å². The lowest BCUT2D eigenvalue weighted by molar-refractivity contribution is 0.419. The van der Waals surface area contributed by atoms with Crippen LogP contribution in [0.3, 0.4) is 0 Å². The van der Waals surface area contributed by atoms with Crippen LogP contribution in [0, 0.1) is 0 Å². The van der Waals surface area contributed by atoms with Crippen molar-refractivity contribution in [1.29, 1.82) is 0 Å². The zero-order valence-electron chi connectivity index (χ0n) is 9.86. The van der Waals surface area contributed by atoms with Gasteiger partial charge in [-0.3, -0.25) is 0 Å². The average molecular weight is 331 g/mol. The summed E-state index contributed by atoms with van der Waals surface area (Å²) in [6.45, 7) is 2.03. The summed E-state index contributed by atoms with van der Waals surface area (Å²) in [6, 6.07) is 5.55. The summed E-state index contributed by atoms with van der Waals surface area (Å²) in [5.41, 5.74) is 6.65. The van der Waals surface area contributed by atoms with E-state index in [9.17, 15) is 0 Å². The molecule has 2 aromatic rings. The molecule has 0 aliphatic carbocycles. The van der Waals surface area contributed by atoms with Crippen molar-refractivity contribution in [2.45, 2.75) is 25.8 Å². The SMILES string of the molecule is CCC(N)Cc1noc(-c2ccc(Br)c(Cl)c2)n1. The topological polar surface area (TPSA) is 64.9 Å². The van der Waals surface area contributed by atoms with E-state index in [0.717, 1.165) is 16.5 Å². The van der Waals surface area contributed by atoms with Crippen molar-refractivity contribution in [3.63, 3.8) is 0 Å². The Bertz CT molecular complexity index is 544. The molecule has 96 valence electrons. The standard InChI is InChI=1S/C12H13BrClN3O/c1-2-8(15)6-11-16-12(18-17-11)7-3-4-9(13)10(14)5-7/h3-5,8H,2,6,15H2,1H3. The smallest absolute Gasteiger partial charge is 0.257 e. The lowest BCUT2D eigenvalue weighted by Gasteiger charge is -2.02. The molecule has 2 N–H and O–H groups in total. The summed E-state index contributed by atoms with van der Waals surface area (Å²) in [5, 5.41) is 4.52. The predicted octanol–water partition coefficient (Wildman–Crippen LogP) is 3.43. The Labute approximate surface area is 119 Å². The minimum absolute atomic E-state index is 0.0592. The molecule has 0 fully saturated rings. The fraction of sp³-hybridized carbons (Fsp3) is 0.333. The number of hydrogen-bond donors (Lipinski definition) is 1. The summed E-state index contributed by atoms with van der Waals surface area (Å²) in [4.78, 5) is 4.31. The number of nitrogens with two attached hydrogens (primary N) is 1. The molecule has 0 spiro atoms. The van der Waals surface area contributed by atoms with Crippen molar-refractivity contribution >= 4 is 27.5 Å². The van der Waals surface area contributed by atoms with Crippen LogP contribution in [0.25, 0.3) is 11.5 Å². The van der Waals surface area contributed by atoms with Gasteiger partial charge in [-0.2, -0.15) is 4.98 Å². The maximum Gasteiger partial charge on any atom is 0.257 e. The first kappa shape index (κ1) is 13.5. The van der Waals surface area contributed by atoms with E-state index in [1.165, 1.54) is 0 Å². The van der Waals surface area contributed by atoms with Gasteiger partial charge < -0.3 is 10.3 Å². The third-order valence-corrected chi connectivity index (χ3v) is 3.84. The van der Waals surface area contributed by atoms with Crippen LogP contribution in [0.1, 0.15) is 19.2 Å². The van der Waals surface area contributed by atoms with Crippen LogP contribution < -0.4 is 5.73 Å². The van der Waals surface area contributed by atoms with Gasteiger partial charge in [-0.1, -0.05) is 23.7 Å². The lowest BCUT2D eigenvalue weighted by atomic mass is 10.1. The Morgan fingerprint density at radius 3 is 2.94 bits per heavy atom.